The summed E-state index contributed by atoms with van der Waals surface area (Å²) in [5.74, 6) is 0.369. The maximum Gasteiger partial charge on any atom is 0.337 e. The van der Waals surface area contributed by atoms with Crippen molar-refractivity contribution < 1.29 is 19.1 Å². The minimum Gasteiger partial charge on any atom is -0.465 e. The average Bonchev–Trinajstić information content (AvgIpc) is 3.55. The Kier molecular flexibility index (Phi) is 4.28. The molecule has 1 aliphatic heterocycles. The number of aromatic nitrogens is 1. The Morgan fingerprint density at radius 3 is 2.21 bits per heavy atom. The van der Waals surface area contributed by atoms with Crippen molar-refractivity contribution >= 4 is 24.0 Å². The quantitative estimate of drug-likeness (QED) is 0.314. The molecule has 7 nitrogen and oxygen atoms in total. The first-order chi connectivity index (χ1) is 15.9. The number of nitrogens with zero attached hydrogens (tertiary/aromatic N) is 3. The van der Waals surface area contributed by atoms with Gasteiger partial charge in [0.1, 0.15) is 0 Å². The van der Waals surface area contributed by atoms with E-state index in [-0.39, 0.29) is 41.5 Å². The Labute approximate surface area is 191 Å². The molecule has 0 spiro atoms. The number of esters is 1. The van der Waals surface area contributed by atoms with Crippen molar-refractivity contribution in [2.75, 3.05) is 7.11 Å². The second kappa shape index (κ2) is 7.01. The number of aryl methyl sites for hydroxylation is 1. The number of hydrogen-bond acceptors (Lipinski definition) is 5. The first-order valence-electron chi connectivity index (χ1n) is 11.4. The van der Waals surface area contributed by atoms with Gasteiger partial charge in [-0.3, -0.25) is 9.59 Å². The summed E-state index contributed by atoms with van der Waals surface area (Å²) < 4.78 is 6.81. The predicted octanol–water partition coefficient (Wildman–Crippen LogP) is 3.27. The summed E-state index contributed by atoms with van der Waals surface area (Å²) >= 11 is 0. The van der Waals surface area contributed by atoms with Crippen LogP contribution in [0.3, 0.4) is 0 Å². The van der Waals surface area contributed by atoms with Crippen molar-refractivity contribution in [2.24, 2.45) is 40.6 Å². The molecule has 168 valence electrons. The van der Waals surface area contributed by atoms with E-state index in [0.29, 0.717) is 17.4 Å². The van der Waals surface area contributed by atoms with E-state index in [2.05, 4.69) is 17.3 Å². The molecular weight excluding hydrogens is 418 g/mol. The number of methoxy groups -OCH3 is 1. The number of ether oxygens (including phenoxy) is 1. The standard InChI is InChI=1S/C26H25N3O4/c1-13-10-16(14(2)28(13)17-6-4-15(5-7-17)26(32)33-3)12-27-29-24(30)22-18-8-9-19(21-11-20(18)21)23(22)25(29)31/h4-10,12,18-23H,11H2,1-3H3/b27-12-/t18-,19-,20-,21+,22-,23+/m0/s1. The Hall–Kier alpha value is -3.48. The zero-order valence-corrected chi connectivity index (χ0v) is 18.8. The third-order valence-corrected chi connectivity index (χ3v) is 7.97. The van der Waals surface area contributed by atoms with Gasteiger partial charge in [0.2, 0.25) is 0 Å². The van der Waals surface area contributed by atoms with Gasteiger partial charge in [0.05, 0.1) is 30.7 Å². The molecule has 2 heterocycles. The number of amides is 2. The van der Waals surface area contributed by atoms with Crippen LogP contribution in [0.1, 0.15) is 33.7 Å². The van der Waals surface area contributed by atoms with Crippen molar-refractivity contribution in [3.8, 4) is 5.69 Å². The molecule has 2 bridgehead atoms. The van der Waals surface area contributed by atoms with Crippen LogP contribution in [0, 0.1) is 49.4 Å². The van der Waals surface area contributed by atoms with Gasteiger partial charge in [-0.1, -0.05) is 12.2 Å². The number of rotatable bonds is 4. The molecule has 1 saturated heterocycles. The van der Waals surface area contributed by atoms with Gasteiger partial charge in [0.25, 0.3) is 11.8 Å². The van der Waals surface area contributed by atoms with E-state index in [0.717, 1.165) is 34.1 Å². The molecule has 2 amide bonds. The van der Waals surface area contributed by atoms with Crippen LogP contribution < -0.4 is 0 Å². The molecule has 1 aromatic carbocycles. The molecule has 1 aromatic heterocycles. The van der Waals surface area contributed by atoms with Crippen molar-refractivity contribution in [1.29, 1.82) is 0 Å². The molecular formula is C26H25N3O4. The van der Waals surface area contributed by atoms with Crippen molar-refractivity contribution in [3.63, 3.8) is 0 Å². The number of allylic oxidation sites excluding steroid dienone is 2. The first-order valence-corrected chi connectivity index (χ1v) is 11.4. The number of carbonyl (C=O) groups is 3. The monoisotopic (exact) mass is 443 g/mol. The van der Waals surface area contributed by atoms with E-state index >= 15 is 0 Å². The van der Waals surface area contributed by atoms with E-state index < -0.39 is 0 Å². The molecule has 7 heteroatoms. The lowest BCUT2D eigenvalue weighted by atomic mass is 9.63. The lowest BCUT2D eigenvalue weighted by Gasteiger charge is -2.37. The van der Waals surface area contributed by atoms with Crippen molar-refractivity contribution in [1.82, 2.24) is 9.58 Å². The first kappa shape index (κ1) is 20.1. The third kappa shape index (κ3) is 2.81. The van der Waals surface area contributed by atoms with Crippen LogP contribution in [0.4, 0.5) is 0 Å². The fourth-order valence-electron chi connectivity index (χ4n) is 6.36. The van der Waals surface area contributed by atoms with Gasteiger partial charge >= 0.3 is 5.97 Å². The van der Waals surface area contributed by atoms with Gasteiger partial charge in [-0.05, 0) is 74.3 Å². The van der Waals surface area contributed by atoms with E-state index in [4.69, 9.17) is 4.74 Å². The van der Waals surface area contributed by atoms with Crippen LogP contribution >= 0.6 is 0 Å². The third-order valence-electron chi connectivity index (χ3n) is 7.97. The fourth-order valence-corrected chi connectivity index (χ4v) is 6.36. The highest BCUT2D eigenvalue weighted by atomic mass is 16.5. The minimum atomic E-state index is -0.378. The number of carbonyl (C=O) groups excluding carboxylic acids is 3. The van der Waals surface area contributed by atoms with Gasteiger partial charge in [-0.25, -0.2) is 4.79 Å². The summed E-state index contributed by atoms with van der Waals surface area (Å²) in [5, 5.41) is 5.50. The summed E-state index contributed by atoms with van der Waals surface area (Å²) in [6, 6.07) is 9.15. The summed E-state index contributed by atoms with van der Waals surface area (Å²) in [6.07, 6.45) is 7.09. The molecule has 0 radical (unpaired) electrons. The molecule has 0 N–H and O–H groups in total. The molecule has 33 heavy (non-hydrogen) atoms. The zero-order valence-electron chi connectivity index (χ0n) is 18.8. The topological polar surface area (TPSA) is 81.0 Å². The smallest absolute Gasteiger partial charge is 0.337 e. The van der Waals surface area contributed by atoms with Gasteiger partial charge in [0, 0.05) is 22.6 Å². The SMILES string of the molecule is COC(=O)c1ccc(-n2c(C)cc(/C=N\N3C(=O)[C@@H]4[C@H]5C=C[C@@H]([C@@H]6C[C@H]56)[C@@H]4C3=O)c2C)cc1. The molecule has 4 aliphatic carbocycles. The highest BCUT2D eigenvalue weighted by molar-refractivity contribution is 6.06. The molecule has 7 rings (SSSR count). The maximum absolute atomic E-state index is 13.1. The molecule has 2 saturated carbocycles. The van der Waals surface area contributed by atoms with Crippen LogP contribution in [0.15, 0.2) is 47.6 Å². The Bertz CT molecular complexity index is 1220. The van der Waals surface area contributed by atoms with E-state index in [1.54, 1.807) is 18.3 Å². The molecule has 0 unspecified atom stereocenters. The number of hydrazone groups is 1. The summed E-state index contributed by atoms with van der Waals surface area (Å²) in [4.78, 5) is 38.0. The fraction of sp³-hybridized carbons (Fsp3) is 0.385. The summed E-state index contributed by atoms with van der Waals surface area (Å²) in [6.45, 7) is 3.95. The second-order valence-corrected chi connectivity index (χ2v) is 9.59. The summed E-state index contributed by atoms with van der Waals surface area (Å²) in [5.41, 5.74) is 4.14. The largest absolute Gasteiger partial charge is 0.465 e. The summed E-state index contributed by atoms with van der Waals surface area (Å²) in [7, 11) is 1.36. The van der Waals surface area contributed by atoms with Crippen LogP contribution in [-0.4, -0.2) is 40.7 Å². The van der Waals surface area contributed by atoms with E-state index in [9.17, 15) is 14.4 Å². The van der Waals surface area contributed by atoms with Gasteiger partial charge in [-0.15, -0.1) is 0 Å². The van der Waals surface area contributed by atoms with Crippen LogP contribution in [-0.2, 0) is 14.3 Å². The van der Waals surface area contributed by atoms with E-state index in [1.807, 2.05) is 36.6 Å². The second-order valence-electron chi connectivity index (χ2n) is 9.59. The molecule has 3 fully saturated rings. The number of benzene rings is 1. The molecule has 6 atom stereocenters. The molecule has 5 aliphatic rings. The van der Waals surface area contributed by atoms with Crippen LogP contribution in [0.2, 0.25) is 0 Å². The number of imide groups is 1. The normalized spacial score (nSPS) is 31.3. The minimum absolute atomic E-state index is 0.154. The van der Waals surface area contributed by atoms with Crippen LogP contribution in [0.25, 0.3) is 5.69 Å². The van der Waals surface area contributed by atoms with Gasteiger partial charge < -0.3 is 9.30 Å². The lowest BCUT2D eigenvalue weighted by Crippen LogP contribution is -2.40. The molecule has 2 aromatic rings. The average molecular weight is 444 g/mol. The van der Waals surface area contributed by atoms with Gasteiger partial charge in [0.15, 0.2) is 0 Å². The Balaban J connectivity index is 1.27. The van der Waals surface area contributed by atoms with Crippen LogP contribution in [0.5, 0.6) is 0 Å². The number of hydrogen-bond donors (Lipinski definition) is 0. The Morgan fingerprint density at radius 2 is 1.64 bits per heavy atom. The predicted molar refractivity (Wildman–Crippen MR) is 121 cm³/mol. The van der Waals surface area contributed by atoms with E-state index in [1.165, 1.54) is 7.11 Å². The van der Waals surface area contributed by atoms with Crippen molar-refractivity contribution in [2.45, 2.75) is 20.3 Å². The zero-order chi connectivity index (χ0) is 23.0. The lowest BCUT2D eigenvalue weighted by molar-refractivity contribution is -0.140. The van der Waals surface area contributed by atoms with Crippen molar-refractivity contribution in [3.05, 3.63) is 65.0 Å². The Morgan fingerprint density at radius 1 is 1.03 bits per heavy atom. The highest BCUT2D eigenvalue weighted by Gasteiger charge is 2.67. The van der Waals surface area contributed by atoms with Gasteiger partial charge in [-0.2, -0.15) is 10.1 Å². The highest BCUT2D eigenvalue weighted by Crippen LogP contribution is 2.65. The maximum atomic E-state index is 13.1.